The number of benzene rings is 1. The van der Waals surface area contributed by atoms with Crippen molar-refractivity contribution in [2.75, 3.05) is 26.9 Å². The van der Waals surface area contributed by atoms with Crippen LogP contribution in [0, 0.1) is 0 Å². The topological polar surface area (TPSA) is 50.7 Å². The minimum absolute atomic E-state index is 0.176. The number of halogens is 1. The molecule has 120 valence electrons. The van der Waals surface area contributed by atoms with E-state index < -0.39 is 6.10 Å². The molecule has 0 saturated heterocycles. The molecule has 0 radical (unpaired) electrons. The van der Waals surface area contributed by atoms with Crippen LogP contribution in [0.1, 0.15) is 38.3 Å². The highest BCUT2D eigenvalue weighted by atomic mass is 79.9. The van der Waals surface area contributed by atoms with E-state index in [4.69, 9.17) is 9.47 Å². The molecule has 0 spiro atoms. The van der Waals surface area contributed by atoms with Crippen LogP contribution in [0.25, 0.3) is 0 Å². The van der Waals surface area contributed by atoms with Gasteiger partial charge in [-0.25, -0.2) is 0 Å². The fourth-order valence-electron chi connectivity index (χ4n) is 1.84. The fourth-order valence-corrected chi connectivity index (χ4v) is 2.22. The van der Waals surface area contributed by atoms with Gasteiger partial charge in [-0.1, -0.05) is 29.3 Å². The summed E-state index contributed by atoms with van der Waals surface area (Å²) < 4.78 is 12.1. The first-order valence-electron chi connectivity index (χ1n) is 7.43. The van der Waals surface area contributed by atoms with E-state index in [0.29, 0.717) is 13.2 Å². The van der Waals surface area contributed by atoms with Crippen LogP contribution in [-0.2, 0) is 4.74 Å². The van der Waals surface area contributed by atoms with Gasteiger partial charge in [-0.05, 0) is 38.6 Å². The molecule has 0 heterocycles. The molecule has 0 amide bonds. The average molecular weight is 360 g/mol. The van der Waals surface area contributed by atoms with Crippen LogP contribution < -0.4 is 10.1 Å². The van der Waals surface area contributed by atoms with Gasteiger partial charge < -0.3 is 19.9 Å². The smallest absolute Gasteiger partial charge is 0.124 e. The lowest BCUT2D eigenvalue weighted by Gasteiger charge is -2.18. The van der Waals surface area contributed by atoms with Gasteiger partial charge in [0.05, 0.1) is 6.61 Å². The maximum Gasteiger partial charge on any atom is 0.124 e. The van der Waals surface area contributed by atoms with Crippen LogP contribution in [0.15, 0.2) is 22.7 Å². The van der Waals surface area contributed by atoms with Gasteiger partial charge in [-0.2, -0.15) is 0 Å². The van der Waals surface area contributed by atoms with E-state index in [1.54, 1.807) is 0 Å². The lowest BCUT2D eigenvalue weighted by molar-refractivity contribution is 0.0110. The Balaban J connectivity index is 2.50. The SMILES string of the molecule is CCCCOCC(O)COc1ccc(Br)cc1C(C)NC. The monoisotopic (exact) mass is 359 g/mol. The summed E-state index contributed by atoms with van der Waals surface area (Å²) >= 11 is 3.47. The fraction of sp³-hybridized carbons (Fsp3) is 0.625. The molecular formula is C16H26BrNO3. The van der Waals surface area contributed by atoms with Gasteiger partial charge in [0.25, 0.3) is 0 Å². The van der Waals surface area contributed by atoms with Crippen molar-refractivity contribution in [1.29, 1.82) is 0 Å². The Morgan fingerprint density at radius 1 is 1.33 bits per heavy atom. The van der Waals surface area contributed by atoms with Crippen LogP contribution in [0.4, 0.5) is 0 Å². The Morgan fingerprint density at radius 2 is 2.10 bits per heavy atom. The lowest BCUT2D eigenvalue weighted by atomic mass is 10.1. The van der Waals surface area contributed by atoms with Crippen molar-refractivity contribution in [2.24, 2.45) is 0 Å². The van der Waals surface area contributed by atoms with E-state index in [9.17, 15) is 5.11 Å². The molecule has 1 aromatic carbocycles. The second-order valence-electron chi connectivity index (χ2n) is 5.09. The summed E-state index contributed by atoms with van der Waals surface area (Å²) in [5, 5.41) is 13.1. The first-order chi connectivity index (χ1) is 10.1. The summed E-state index contributed by atoms with van der Waals surface area (Å²) in [6.45, 7) is 5.42. The average Bonchev–Trinajstić information content (AvgIpc) is 2.49. The predicted molar refractivity (Wildman–Crippen MR) is 88.8 cm³/mol. The van der Waals surface area contributed by atoms with Crippen LogP contribution in [0.5, 0.6) is 5.75 Å². The molecule has 0 aromatic heterocycles. The Kier molecular flexibility index (Phi) is 8.92. The number of nitrogens with one attached hydrogen (secondary N) is 1. The molecule has 0 aliphatic rings. The van der Waals surface area contributed by atoms with Gasteiger partial charge >= 0.3 is 0 Å². The van der Waals surface area contributed by atoms with Crippen molar-refractivity contribution >= 4 is 15.9 Å². The van der Waals surface area contributed by atoms with Gasteiger partial charge in [0.2, 0.25) is 0 Å². The Labute approximate surface area is 136 Å². The van der Waals surface area contributed by atoms with Gasteiger partial charge in [0, 0.05) is 22.7 Å². The maximum atomic E-state index is 9.88. The molecule has 5 heteroatoms. The van der Waals surface area contributed by atoms with Crippen LogP contribution in [-0.4, -0.2) is 38.1 Å². The number of hydrogen-bond donors (Lipinski definition) is 2. The zero-order valence-electron chi connectivity index (χ0n) is 13.1. The molecule has 4 nitrogen and oxygen atoms in total. The summed E-state index contributed by atoms with van der Waals surface area (Å²) in [5.41, 5.74) is 1.06. The van der Waals surface area contributed by atoms with Crippen LogP contribution >= 0.6 is 15.9 Å². The van der Waals surface area contributed by atoms with E-state index in [1.165, 1.54) is 0 Å². The predicted octanol–water partition coefficient (Wildman–Crippen LogP) is 3.29. The molecule has 0 aliphatic carbocycles. The Bertz CT molecular complexity index is 415. The normalized spacial score (nSPS) is 14.0. The van der Waals surface area contributed by atoms with Crippen molar-refractivity contribution in [3.05, 3.63) is 28.2 Å². The van der Waals surface area contributed by atoms with Gasteiger partial charge in [-0.3, -0.25) is 0 Å². The van der Waals surface area contributed by atoms with Gasteiger partial charge in [0.1, 0.15) is 18.5 Å². The number of ether oxygens (including phenoxy) is 2. The highest BCUT2D eigenvalue weighted by Crippen LogP contribution is 2.28. The van der Waals surface area contributed by atoms with E-state index in [1.807, 2.05) is 25.2 Å². The number of hydrogen-bond acceptors (Lipinski definition) is 4. The highest BCUT2D eigenvalue weighted by molar-refractivity contribution is 9.10. The third-order valence-corrected chi connectivity index (χ3v) is 3.75. The zero-order valence-corrected chi connectivity index (χ0v) is 14.6. The first-order valence-corrected chi connectivity index (χ1v) is 8.23. The van der Waals surface area contributed by atoms with E-state index >= 15 is 0 Å². The van der Waals surface area contributed by atoms with E-state index in [2.05, 4.69) is 35.1 Å². The molecular weight excluding hydrogens is 334 g/mol. The van der Waals surface area contributed by atoms with E-state index in [-0.39, 0.29) is 12.6 Å². The molecule has 0 bridgehead atoms. The van der Waals surface area contributed by atoms with Crippen molar-refractivity contribution in [1.82, 2.24) is 5.32 Å². The summed E-state index contributed by atoms with van der Waals surface area (Å²) in [4.78, 5) is 0. The quantitative estimate of drug-likeness (QED) is 0.629. The molecule has 2 atom stereocenters. The first kappa shape index (κ1) is 18.4. The Morgan fingerprint density at radius 3 is 2.76 bits per heavy atom. The molecule has 1 rings (SSSR count). The molecule has 21 heavy (non-hydrogen) atoms. The van der Waals surface area contributed by atoms with Gasteiger partial charge in [0.15, 0.2) is 0 Å². The standard InChI is InChI=1S/C16H26BrNO3/c1-4-5-8-20-10-14(19)11-21-16-7-6-13(17)9-15(16)12(2)18-3/h6-7,9,12,14,18-19H,4-5,8,10-11H2,1-3H3. The third kappa shape index (κ3) is 6.78. The lowest BCUT2D eigenvalue weighted by Crippen LogP contribution is -2.24. The van der Waals surface area contributed by atoms with E-state index in [0.717, 1.165) is 28.6 Å². The van der Waals surface area contributed by atoms with Crippen molar-refractivity contribution < 1.29 is 14.6 Å². The zero-order chi connectivity index (χ0) is 15.7. The minimum atomic E-state index is -0.608. The summed E-state index contributed by atoms with van der Waals surface area (Å²) in [6, 6.07) is 6.06. The summed E-state index contributed by atoms with van der Waals surface area (Å²) in [7, 11) is 1.91. The maximum absolute atomic E-state index is 9.88. The molecule has 0 saturated carbocycles. The summed E-state index contributed by atoms with van der Waals surface area (Å²) in [5.74, 6) is 0.785. The molecule has 0 fully saturated rings. The van der Waals surface area contributed by atoms with Gasteiger partial charge in [-0.15, -0.1) is 0 Å². The minimum Gasteiger partial charge on any atom is -0.490 e. The number of aliphatic hydroxyl groups excluding tert-OH is 1. The van der Waals surface area contributed by atoms with Crippen molar-refractivity contribution in [2.45, 2.75) is 38.8 Å². The van der Waals surface area contributed by atoms with Crippen molar-refractivity contribution in [3.63, 3.8) is 0 Å². The molecule has 0 aliphatic heterocycles. The second-order valence-corrected chi connectivity index (χ2v) is 6.00. The van der Waals surface area contributed by atoms with Crippen molar-refractivity contribution in [3.8, 4) is 5.75 Å². The molecule has 1 aromatic rings. The third-order valence-electron chi connectivity index (χ3n) is 3.26. The molecule has 2 unspecified atom stereocenters. The Hall–Kier alpha value is -0.620. The number of aliphatic hydroxyl groups is 1. The second kappa shape index (κ2) is 10.2. The largest absolute Gasteiger partial charge is 0.490 e. The number of rotatable bonds is 10. The summed E-state index contributed by atoms with van der Waals surface area (Å²) in [6.07, 6.45) is 1.50. The number of unbranched alkanes of at least 4 members (excludes halogenated alkanes) is 1. The molecule has 2 N–H and O–H groups in total. The highest BCUT2D eigenvalue weighted by Gasteiger charge is 2.13. The van der Waals surface area contributed by atoms with Crippen LogP contribution in [0.3, 0.4) is 0 Å². The van der Waals surface area contributed by atoms with Crippen LogP contribution in [0.2, 0.25) is 0 Å².